The van der Waals surface area contributed by atoms with Gasteiger partial charge in [0.1, 0.15) is 5.60 Å². The Hall–Kier alpha value is -0.770. The second-order valence-electron chi connectivity index (χ2n) is 5.02. The number of nitrogens with one attached hydrogen (secondary N) is 1. The molecule has 0 aromatic heterocycles. The van der Waals surface area contributed by atoms with Crippen LogP contribution in [-0.4, -0.2) is 13.1 Å². The molecule has 0 atom stereocenters. The van der Waals surface area contributed by atoms with Gasteiger partial charge in [-0.05, 0) is 35.4 Å². The summed E-state index contributed by atoms with van der Waals surface area (Å²) in [6.07, 6.45) is 0. The molecule has 1 saturated heterocycles. The van der Waals surface area contributed by atoms with Crippen molar-refractivity contribution in [2.75, 3.05) is 13.1 Å². The fourth-order valence-corrected chi connectivity index (χ4v) is 2.55. The van der Waals surface area contributed by atoms with E-state index >= 15 is 0 Å². The van der Waals surface area contributed by atoms with Crippen molar-refractivity contribution in [3.8, 4) is 0 Å². The van der Waals surface area contributed by atoms with Gasteiger partial charge in [-0.25, -0.2) is 0 Å². The van der Waals surface area contributed by atoms with Crippen molar-refractivity contribution in [3.63, 3.8) is 0 Å². The third kappa shape index (κ3) is 3.71. The number of rotatable bonds is 4. The predicted octanol–water partition coefficient (Wildman–Crippen LogP) is 4.43. The lowest BCUT2D eigenvalue weighted by molar-refractivity contribution is -0.0968. The lowest BCUT2D eigenvalue weighted by Gasteiger charge is -2.43. The van der Waals surface area contributed by atoms with Gasteiger partial charge in [-0.1, -0.05) is 47.5 Å². The van der Waals surface area contributed by atoms with E-state index in [1.54, 1.807) is 0 Å². The second kappa shape index (κ2) is 6.99. The van der Waals surface area contributed by atoms with Crippen molar-refractivity contribution in [3.05, 3.63) is 69.7 Å². The quantitative estimate of drug-likeness (QED) is 0.886. The highest BCUT2D eigenvalue weighted by Crippen LogP contribution is 2.32. The minimum absolute atomic E-state index is 0. The maximum absolute atomic E-state index is 6.17. The number of hydrogen-bond donors (Lipinski definition) is 1. The maximum Gasteiger partial charge on any atom is 0.118 e. The van der Waals surface area contributed by atoms with E-state index in [-0.39, 0.29) is 18.0 Å². The van der Waals surface area contributed by atoms with Crippen LogP contribution in [0.3, 0.4) is 0 Å². The molecule has 1 fully saturated rings. The summed E-state index contributed by atoms with van der Waals surface area (Å²) in [7, 11) is 0. The first-order chi connectivity index (χ1) is 9.68. The van der Waals surface area contributed by atoms with Gasteiger partial charge in [-0.3, -0.25) is 0 Å². The number of hydrogen-bond acceptors (Lipinski definition) is 2. The minimum atomic E-state index is -0.246. The summed E-state index contributed by atoms with van der Waals surface area (Å²) in [6.45, 7) is 2.21. The van der Waals surface area contributed by atoms with Crippen molar-refractivity contribution in [2.45, 2.75) is 12.2 Å². The molecule has 0 bridgehead atoms. The van der Waals surface area contributed by atoms with Crippen molar-refractivity contribution in [2.24, 2.45) is 0 Å². The van der Waals surface area contributed by atoms with Gasteiger partial charge in [0.25, 0.3) is 0 Å². The smallest absolute Gasteiger partial charge is 0.118 e. The molecular weight excluding hydrogens is 329 g/mol. The Labute approximate surface area is 140 Å². The van der Waals surface area contributed by atoms with Crippen molar-refractivity contribution in [1.29, 1.82) is 0 Å². The van der Waals surface area contributed by atoms with Gasteiger partial charge in [-0.2, -0.15) is 0 Å². The molecule has 1 aliphatic heterocycles. The van der Waals surface area contributed by atoms with Crippen LogP contribution in [0, 0.1) is 0 Å². The summed E-state index contributed by atoms with van der Waals surface area (Å²) in [4.78, 5) is 0. The summed E-state index contributed by atoms with van der Waals surface area (Å²) in [5, 5.41) is 4.77. The Balaban J connectivity index is 0.00000161. The fraction of sp³-hybridized carbons (Fsp3) is 0.250. The number of ether oxygens (including phenoxy) is 1. The zero-order valence-electron chi connectivity index (χ0n) is 11.3. The minimum Gasteiger partial charge on any atom is -0.363 e. The monoisotopic (exact) mass is 343 g/mol. The van der Waals surface area contributed by atoms with E-state index < -0.39 is 0 Å². The largest absolute Gasteiger partial charge is 0.363 e. The average Bonchev–Trinajstić information content (AvgIpc) is 2.41. The van der Waals surface area contributed by atoms with Crippen LogP contribution < -0.4 is 5.32 Å². The molecule has 1 N–H and O–H groups in total. The summed E-state index contributed by atoms with van der Waals surface area (Å²) < 4.78 is 6.17. The zero-order chi connectivity index (χ0) is 14.0. The number of halogens is 3. The molecule has 0 unspecified atom stereocenters. The van der Waals surface area contributed by atoms with Crippen molar-refractivity contribution in [1.82, 2.24) is 5.32 Å². The van der Waals surface area contributed by atoms with Crippen LogP contribution in [0.5, 0.6) is 0 Å². The first-order valence-corrected chi connectivity index (χ1v) is 7.29. The lowest BCUT2D eigenvalue weighted by atomic mass is 9.88. The molecule has 0 spiro atoms. The summed E-state index contributed by atoms with van der Waals surface area (Å²) in [6, 6.07) is 15.6. The first kappa shape index (κ1) is 16.6. The van der Waals surface area contributed by atoms with Crippen LogP contribution >= 0.6 is 35.6 Å². The van der Waals surface area contributed by atoms with Crippen LogP contribution in [0.1, 0.15) is 11.1 Å². The Kier molecular flexibility index (Phi) is 5.53. The molecule has 112 valence electrons. The second-order valence-corrected chi connectivity index (χ2v) is 5.89. The van der Waals surface area contributed by atoms with Gasteiger partial charge < -0.3 is 10.1 Å². The van der Waals surface area contributed by atoms with Gasteiger partial charge in [0.2, 0.25) is 0 Å². The standard InChI is InChI=1S/C16H15Cl2NO.ClH/c17-14-5-1-12(2-6-14)9-20-16(10-19-11-16)13-3-7-15(18)8-4-13;/h1-8,19H,9-11H2;1H. The van der Waals surface area contributed by atoms with Gasteiger partial charge in [0, 0.05) is 23.1 Å². The Morgan fingerprint density at radius 3 is 1.90 bits per heavy atom. The molecule has 21 heavy (non-hydrogen) atoms. The van der Waals surface area contributed by atoms with Crippen LogP contribution in [-0.2, 0) is 16.9 Å². The van der Waals surface area contributed by atoms with Crippen LogP contribution in [0.2, 0.25) is 10.0 Å². The van der Waals surface area contributed by atoms with Crippen LogP contribution in [0.4, 0.5) is 0 Å². The summed E-state index contributed by atoms with van der Waals surface area (Å²) in [5.41, 5.74) is 2.04. The van der Waals surface area contributed by atoms with Crippen molar-refractivity contribution >= 4 is 35.6 Å². The molecule has 1 heterocycles. The van der Waals surface area contributed by atoms with Crippen LogP contribution in [0.25, 0.3) is 0 Å². The normalized spacial score (nSPS) is 15.9. The van der Waals surface area contributed by atoms with E-state index in [9.17, 15) is 0 Å². The highest BCUT2D eigenvalue weighted by atomic mass is 35.5. The van der Waals surface area contributed by atoms with Gasteiger partial charge in [-0.15, -0.1) is 12.4 Å². The van der Waals surface area contributed by atoms with E-state index in [1.807, 2.05) is 48.5 Å². The van der Waals surface area contributed by atoms with Gasteiger partial charge >= 0.3 is 0 Å². The van der Waals surface area contributed by atoms with E-state index in [1.165, 1.54) is 0 Å². The van der Waals surface area contributed by atoms with Crippen LogP contribution in [0.15, 0.2) is 48.5 Å². The molecular formula is C16H16Cl3NO. The molecule has 5 heteroatoms. The highest BCUT2D eigenvalue weighted by molar-refractivity contribution is 6.30. The Bertz CT molecular complexity index is 579. The summed E-state index contributed by atoms with van der Waals surface area (Å²) >= 11 is 11.8. The van der Waals surface area contributed by atoms with Gasteiger partial charge in [0.05, 0.1) is 6.61 Å². The molecule has 2 nitrogen and oxygen atoms in total. The first-order valence-electron chi connectivity index (χ1n) is 6.53. The Morgan fingerprint density at radius 1 is 0.905 bits per heavy atom. The SMILES string of the molecule is Cl.Clc1ccc(COC2(c3ccc(Cl)cc3)CNC2)cc1. The van der Waals surface area contributed by atoms with E-state index in [0.717, 1.165) is 34.3 Å². The number of benzene rings is 2. The lowest BCUT2D eigenvalue weighted by Crippen LogP contribution is -2.58. The van der Waals surface area contributed by atoms with Gasteiger partial charge in [0.15, 0.2) is 0 Å². The fourth-order valence-electron chi connectivity index (χ4n) is 2.30. The third-order valence-corrected chi connectivity index (χ3v) is 4.12. The molecule has 0 radical (unpaired) electrons. The molecule has 2 aromatic rings. The van der Waals surface area contributed by atoms with E-state index in [0.29, 0.717) is 6.61 Å². The van der Waals surface area contributed by atoms with E-state index in [4.69, 9.17) is 27.9 Å². The predicted molar refractivity (Wildman–Crippen MR) is 89.5 cm³/mol. The molecule has 1 aliphatic rings. The topological polar surface area (TPSA) is 21.3 Å². The molecule has 0 saturated carbocycles. The average molecular weight is 345 g/mol. The maximum atomic E-state index is 6.17. The zero-order valence-corrected chi connectivity index (χ0v) is 13.6. The van der Waals surface area contributed by atoms with E-state index in [2.05, 4.69) is 5.32 Å². The third-order valence-electron chi connectivity index (χ3n) is 3.62. The molecule has 0 amide bonds. The van der Waals surface area contributed by atoms with Crippen molar-refractivity contribution < 1.29 is 4.74 Å². The molecule has 3 rings (SSSR count). The highest BCUT2D eigenvalue weighted by Gasteiger charge is 2.39. The molecule has 2 aromatic carbocycles. The summed E-state index contributed by atoms with van der Waals surface area (Å²) in [5.74, 6) is 0. The molecule has 0 aliphatic carbocycles. The Morgan fingerprint density at radius 2 is 1.43 bits per heavy atom.